The van der Waals surface area contributed by atoms with E-state index in [1.54, 1.807) is 29.7 Å². The second-order valence-corrected chi connectivity index (χ2v) is 7.28. The van der Waals surface area contributed by atoms with Crippen molar-refractivity contribution in [3.8, 4) is 0 Å². The molecule has 0 saturated carbocycles. The molecule has 0 unspecified atom stereocenters. The fourth-order valence-corrected chi connectivity index (χ4v) is 4.04. The van der Waals surface area contributed by atoms with Crippen LogP contribution in [0, 0.1) is 5.41 Å². The lowest BCUT2D eigenvalue weighted by molar-refractivity contribution is -0.126. The number of carbonyl (C=O) groups excluding carboxylic acids is 1. The molecule has 5 nitrogen and oxygen atoms in total. The fourth-order valence-electron chi connectivity index (χ4n) is 2.93. The van der Waals surface area contributed by atoms with E-state index >= 15 is 0 Å². The molecule has 1 aromatic carbocycles. The minimum absolute atomic E-state index is 0. The summed E-state index contributed by atoms with van der Waals surface area (Å²) >= 11 is 1.66. The van der Waals surface area contributed by atoms with Crippen LogP contribution in [0.25, 0.3) is 10.2 Å². The summed E-state index contributed by atoms with van der Waals surface area (Å²) in [5, 5.41) is 3.98. The van der Waals surface area contributed by atoms with Gasteiger partial charge in [0, 0.05) is 6.42 Å². The Hall–Kier alpha value is -1.89. The average molecular weight is 427 g/mol. The molecule has 0 atom stereocenters. The number of nitrogen functional groups attached to an aromatic ring is 1. The van der Waals surface area contributed by atoms with E-state index in [1.165, 1.54) is 0 Å². The standard InChI is InChI=1S/C19H22N4OS.2ClH/c1-3-19(4-2,18(24)22-13-9-10-16(20)21-12-13)11-17-23-14-7-5-6-8-15(14)25-17;;/h5-10,12H,3-4,11H2,1-2H3,(H2,20,21)(H,22,24);2*1H. The molecule has 0 aliphatic carbocycles. The number of carbonyl (C=O) groups is 1. The number of nitrogens with zero attached hydrogens (tertiary/aromatic N) is 2. The summed E-state index contributed by atoms with van der Waals surface area (Å²) in [6.07, 6.45) is 3.70. The van der Waals surface area contributed by atoms with Gasteiger partial charge >= 0.3 is 0 Å². The maximum Gasteiger partial charge on any atom is 0.231 e. The Balaban J connectivity index is 0.00000182. The number of anilines is 2. The van der Waals surface area contributed by atoms with Crippen molar-refractivity contribution in [3.63, 3.8) is 0 Å². The Morgan fingerprint density at radius 3 is 2.44 bits per heavy atom. The second kappa shape index (κ2) is 9.88. The van der Waals surface area contributed by atoms with Crippen molar-refractivity contribution in [1.82, 2.24) is 9.97 Å². The van der Waals surface area contributed by atoms with Gasteiger partial charge in [0.25, 0.3) is 0 Å². The molecule has 0 aliphatic heterocycles. The third-order valence-electron chi connectivity index (χ3n) is 4.71. The van der Waals surface area contributed by atoms with E-state index in [1.807, 2.05) is 18.2 Å². The SMILES string of the molecule is CCC(CC)(Cc1nc2ccccc2s1)C(=O)Nc1ccc(N)nc1.Cl.Cl. The molecule has 1 amide bonds. The van der Waals surface area contributed by atoms with E-state index < -0.39 is 5.41 Å². The normalized spacial score (nSPS) is 10.7. The van der Waals surface area contributed by atoms with Gasteiger partial charge in [-0.2, -0.15) is 0 Å². The first-order valence-corrected chi connectivity index (χ1v) is 9.25. The van der Waals surface area contributed by atoms with Crippen LogP contribution >= 0.6 is 36.2 Å². The molecule has 0 radical (unpaired) electrons. The summed E-state index contributed by atoms with van der Waals surface area (Å²) in [6.45, 7) is 4.11. The maximum absolute atomic E-state index is 13.0. The molecular formula is C19H24Cl2N4OS. The summed E-state index contributed by atoms with van der Waals surface area (Å²) < 4.78 is 1.15. The Morgan fingerprint density at radius 1 is 1.15 bits per heavy atom. The number of amides is 1. The molecule has 27 heavy (non-hydrogen) atoms. The highest BCUT2D eigenvalue weighted by Gasteiger charge is 2.36. The predicted molar refractivity (Wildman–Crippen MR) is 118 cm³/mol. The third kappa shape index (κ3) is 5.09. The first kappa shape index (κ1) is 23.1. The van der Waals surface area contributed by atoms with Crippen LogP contribution in [0.1, 0.15) is 31.7 Å². The lowest BCUT2D eigenvalue weighted by Gasteiger charge is -2.29. The van der Waals surface area contributed by atoms with Crippen LogP contribution < -0.4 is 11.1 Å². The maximum atomic E-state index is 13.0. The van der Waals surface area contributed by atoms with Crippen molar-refractivity contribution in [2.45, 2.75) is 33.1 Å². The van der Waals surface area contributed by atoms with E-state index in [-0.39, 0.29) is 30.7 Å². The topological polar surface area (TPSA) is 80.9 Å². The zero-order valence-electron chi connectivity index (χ0n) is 15.3. The molecule has 3 rings (SSSR count). The van der Waals surface area contributed by atoms with Crippen molar-refractivity contribution in [3.05, 3.63) is 47.6 Å². The van der Waals surface area contributed by atoms with Crippen LogP contribution in [0.3, 0.4) is 0 Å². The van der Waals surface area contributed by atoms with Crippen LogP contribution in [-0.2, 0) is 11.2 Å². The molecule has 0 bridgehead atoms. The number of para-hydroxylation sites is 1. The third-order valence-corrected chi connectivity index (χ3v) is 5.74. The molecule has 2 aromatic heterocycles. The van der Waals surface area contributed by atoms with Gasteiger partial charge < -0.3 is 11.1 Å². The molecule has 0 aliphatic rings. The zero-order valence-corrected chi connectivity index (χ0v) is 17.7. The van der Waals surface area contributed by atoms with Gasteiger partial charge in [-0.25, -0.2) is 9.97 Å². The molecule has 3 N–H and O–H groups in total. The van der Waals surface area contributed by atoms with Gasteiger partial charge in [-0.15, -0.1) is 36.2 Å². The van der Waals surface area contributed by atoms with Crippen molar-refractivity contribution >= 4 is 63.8 Å². The van der Waals surface area contributed by atoms with Gasteiger partial charge in [-0.05, 0) is 37.1 Å². The van der Waals surface area contributed by atoms with Crippen LogP contribution in [0.4, 0.5) is 11.5 Å². The van der Waals surface area contributed by atoms with E-state index in [0.717, 1.165) is 28.1 Å². The summed E-state index contributed by atoms with van der Waals surface area (Å²) in [5.74, 6) is 0.438. The average Bonchev–Trinajstić information content (AvgIpc) is 3.04. The number of rotatable bonds is 6. The van der Waals surface area contributed by atoms with Crippen LogP contribution in [0.2, 0.25) is 0 Å². The highest BCUT2D eigenvalue weighted by Crippen LogP contribution is 2.35. The molecule has 0 saturated heterocycles. The number of pyridine rings is 1. The Kier molecular flexibility index (Phi) is 8.47. The van der Waals surface area contributed by atoms with Crippen molar-refractivity contribution in [2.24, 2.45) is 5.41 Å². The smallest absolute Gasteiger partial charge is 0.231 e. The zero-order chi connectivity index (χ0) is 17.9. The first-order chi connectivity index (χ1) is 12.1. The summed E-state index contributed by atoms with van der Waals surface area (Å²) in [6, 6.07) is 11.5. The van der Waals surface area contributed by atoms with Gasteiger partial charge in [-0.3, -0.25) is 4.79 Å². The minimum atomic E-state index is -0.491. The number of nitrogens with one attached hydrogen (secondary N) is 1. The largest absolute Gasteiger partial charge is 0.384 e. The minimum Gasteiger partial charge on any atom is -0.384 e. The Labute approximate surface area is 175 Å². The molecule has 8 heteroatoms. The number of thiazole rings is 1. The van der Waals surface area contributed by atoms with Crippen LogP contribution in [0.15, 0.2) is 42.6 Å². The van der Waals surface area contributed by atoms with Gasteiger partial charge in [-0.1, -0.05) is 26.0 Å². The number of nitrogens with two attached hydrogens (primary N) is 1. The lowest BCUT2D eigenvalue weighted by atomic mass is 9.78. The van der Waals surface area contributed by atoms with Crippen molar-refractivity contribution < 1.29 is 4.79 Å². The number of aromatic nitrogens is 2. The Bertz CT molecular complexity index is 846. The Morgan fingerprint density at radius 2 is 1.85 bits per heavy atom. The number of fused-ring (bicyclic) bond motifs is 1. The molecule has 2 heterocycles. The molecular weight excluding hydrogens is 403 g/mol. The van der Waals surface area contributed by atoms with E-state index in [0.29, 0.717) is 17.9 Å². The summed E-state index contributed by atoms with van der Waals surface area (Å²) in [5.41, 5.74) is 6.77. The van der Waals surface area contributed by atoms with Crippen LogP contribution in [0.5, 0.6) is 0 Å². The molecule has 3 aromatic rings. The number of benzene rings is 1. The second-order valence-electron chi connectivity index (χ2n) is 6.17. The van der Waals surface area contributed by atoms with E-state index in [9.17, 15) is 4.79 Å². The quantitative estimate of drug-likeness (QED) is 0.573. The molecule has 0 fully saturated rings. The summed E-state index contributed by atoms with van der Waals surface area (Å²) in [4.78, 5) is 21.7. The van der Waals surface area contributed by atoms with Crippen molar-refractivity contribution in [2.75, 3.05) is 11.1 Å². The van der Waals surface area contributed by atoms with Crippen LogP contribution in [-0.4, -0.2) is 15.9 Å². The molecule has 146 valence electrons. The molecule has 0 spiro atoms. The number of hydrogen-bond acceptors (Lipinski definition) is 5. The monoisotopic (exact) mass is 426 g/mol. The highest BCUT2D eigenvalue weighted by atomic mass is 35.5. The first-order valence-electron chi connectivity index (χ1n) is 8.44. The highest BCUT2D eigenvalue weighted by molar-refractivity contribution is 7.18. The summed E-state index contributed by atoms with van der Waals surface area (Å²) in [7, 11) is 0. The van der Waals surface area contributed by atoms with Crippen molar-refractivity contribution in [1.29, 1.82) is 0 Å². The number of hydrogen-bond donors (Lipinski definition) is 2. The van der Waals surface area contributed by atoms with E-state index in [4.69, 9.17) is 10.7 Å². The fraction of sp³-hybridized carbons (Fsp3) is 0.316. The van der Waals surface area contributed by atoms with Gasteiger partial charge in [0.15, 0.2) is 0 Å². The van der Waals surface area contributed by atoms with Gasteiger partial charge in [0.1, 0.15) is 5.82 Å². The lowest BCUT2D eigenvalue weighted by Crippen LogP contribution is -2.37. The van der Waals surface area contributed by atoms with Gasteiger partial charge in [0.05, 0.1) is 32.5 Å². The predicted octanol–water partition coefficient (Wildman–Crippen LogP) is 5.10. The van der Waals surface area contributed by atoms with E-state index in [2.05, 4.69) is 30.2 Å². The number of halogens is 2. The van der Waals surface area contributed by atoms with Gasteiger partial charge in [0.2, 0.25) is 5.91 Å².